The van der Waals surface area contributed by atoms with Gasteiger partial charge in [-0.15, -0.1) is 0 Å². The van der Waals surface area contributed by atoms with Crippen LogP contribution < -0.4 is 0 Å². The lowest BCUT2D eigenvalue weighted by molar-refractivity contribution is -0.161. The minimum atomic E-state index is -0.780. The first-order valence-electron chi connectivity index (χ1n) is 30.4. The number of carbonyl (C=O) groups is 2. The van der Waals surface area contributed by atoms with Gasteiger partial charge in [0.2, 0.25) is 0 Å². The number of esters is 2. The number of rotatable bonds is 55. The maximum Gasteiger partial charge on any atom is 0.306 e. The van der Waals surface area contributed by atoms with Crippen LogP contribution in [0.4, 0.5) is 0 Å². The first-order valence-corrected chi connectivity index (χ1v) is 30.4. The van der Waals surface area contributed by atoms with E-state index in [0.717, 1.165) is 89.9 Å². The Balaban J connectivity index is 3.51. The summed E-state index contributed by atoms with van der Waals surface area (Å²) in [4.78, 5) is 24.6. The smallest absolute Gasteiger partial charge is 0.306 e. The van der Waals surface area contributed by atoms with Crippen molar-refractivity contribution in [3.05, 3.63) is 109 Å². The number of hydrogen-bond donors (Lipinski definition) is 1. The van der Waals surface area contributed by atoms with E-state index in [4.69, 9.17) is 9.47 Å². The number of aliphatic hydroxyl groups is 1. The zero-order valence-corrected chi connectivity index (χ0v) is 47.2. The van der Waals surface area contributed by atoms with Crippen LogP contribution in [0.1, 0.15) is 284 Å². The molecule has 0 aromatic heterocycles. The van der Waals surface area contributed by atoms with Gasteiger partial charge < -0.3 is 14.6 Å². The van der Waals surface area contributed by atoms with Gasteiger partial charge in [-0.25, -0.2) is 0 Å². The Morgan fingerprint density at radius 3 is 0.903 bits per heavy atom. The molecule has 0 saturated heterocycles. The van der Waals surface area contributed by atoms with Crippen molar-refractivity contribution in [2.75, 3.05) is 13.2 Å². The number of hydrogen-bond acceptors (Lipinski definition) is 5. The van der Waals surface area contributed by atoms with Gasteiger partial charge in [-0.1, -0.05) is 277 Å². The summed E-state index contributed by atoms with van der Waals surface area (Å²) in [5.41, 5.74) is 0. The van der Waals surface area contributed by atoms with Crippen LogP contribution in [0.25, 0.3) is 0 Å². The van der Waals surface area contributed by atoms with E-state index in [0.29, 0.717) is 12.8 Å². The highest BCUT2D eigenvalue weighted by Crippen LogP contribution is 2.16. The van der Waals surface area contributed by atoms with Crippen LogP contribution in [0.2, 0.25) is 0 Å². The van der Waals surface area contributed by atoms with Gasteiger partial charge in [0.15, 0.2) is 6.10 Å². The summed E-state index contributed by atoms with van der Waals surface area (Å²) in [6.07, 6.45) is 89.3. The summed E-state index contributed by atoms with van der Waals surface area (Å²) in [5.74, 6) is -0.591. The predicted octanol–water partition coefficient (Wildman–Crippen LogP) is 20.9. The molecule has 0 spiro atoms. The molecule has 0 aromatic rings. The van der Waals surface area contributed by atoms with Crippen molar-refractivity contribution < 1.29 is 24.2 Å². The van der Waals surface area contributed by atoms with Crippen LogP contribution in [-0.4, -0.2) is 36.4 Å². The van der Waals surface area contributed by atoms with Crippen molar-refractivity contribution in [1.82, 2.24) is 0 Å². The number of allylic oxidation sites excluding steroid dienone is 18. The van der Waals surface area contributed by atoms with E-state index in [1.165, 1.54) is 167 Å². The highest BCUT2D eigenvalue weighted by molar-refractivity contribution is 5.70. The van der Waals surface area contributed by atoms with E-state index in [9.17, 15) is 14.7 Å². The molecule has 0 aromatic carbocycles. The largest absolute Gasteiger partial charge is 0.462 e. The lowest BCUT2D eigenvalue weighted by Crippen LogP contribution is -2.28. The van der Waals surface area contributed by atoms with Crippen molar-refractivity contribution in [2.45, 2.75) is 290 Å². The quantitative estimate of drug-likeness (QED) is 0.0373. The highest BCUT2D eigenvalue weighted by atomic mass is 16.6. The second kappa shape index (κ2) is 61.9. The molecule has 1 N–H and O–H groups in total. The number of unbranched alkanes of at least 4 members (excludes halogenated alkanes) is 29. The van der Waals surface area contributed by atoms with E-state index >= 15 is 0 Å². The van der Waals surface area contributed by atoms with E-state index in [1.807, 2.05) is 0 Å². The Labute approximate surface area is 446 Å². The maximum atomic E-state index is 12.3. The number of carbonyl (C=O) groups excluding carboxylic acids is 2. The molecule has 0 saturated carbocycles. The molecule has 72 heavy (non-hydrogen) atoms. The molecular weight excluding hydrogens is 885 g/mol. The molecule has 0 heterocycles. The molecule has 0 fully saturated rings. The minimum Gasteiger partial charge on any atom is -0.462 e. The van der Waals surface area contributed by atoms with Crippen molar-refractivity contribution in [3.63, 3.8) is 0 Å². The lowest BCUT2D eigenvalue weighted by Gasteiger charge is -2.15. The van der Waals surface area contributed by atoms with Gasteiger partial charge in [0.25, 0.3) is 0 Å². The summed E-state index contributed by atoms with van der Waals surface area (Å²) in [6, 6.07) is 0. The van der Waals surface area contributed by atoms with Crippen molar-refractivity contribution in [2.24, 2.45) is 0 Å². The minimum absolute atomic E-state index is 0.0703. The summed E-state index contributed by atoms with van der Waals surface area (Å²) in [6.45, 7) is 4.03. The van der Waals surface area contributed by atoms with E-state index in [1.54, 1.807) is 0 Å². The van der Waals surface area contributed by atoms with Crippen LogP contribution in [0.3, 0.4) is 0 Å². The fourth-order valence-electron chi connectivity index (χ4n) is 8.51. The van der Waals surface area contributed by atoms with Gasteiger partial charge in [0, 0.05) is 12.8 Å². The summed E-state index contributed by atoms with van der Waals surface area (Å²) in [7, 11) is 0. The predicted molar refractivity (Wildman–Crippen MR) is 315 cm³/mol. The van der Waals surface area contributed by atoms with E-state index in [2.05, 4.69) is 123 Å². The molecule has 0 aliphatic rings. The molecule has 0 rings (SSSR count). The molecule has 5 heteroatoms. The standard InChI is InChI=1S/C67H114O5/c1-3-5-7-9-11-13-15-17-19-21-23-25-27-28-29-30-31-32-33-34-35-36-37-38-40-42-44-46-48-50-52-54-56-58-60-62-67(70)72-65(63-68)64-71-66(69)61-59-57-55-53-51-49-47-45-43-41-39-26-24-22-20-18-16-14-12-10-8-6-4-2/h5,7,11,13,16-19,22-25,28-29,31-32,34-35,65,68H,3-4,6,8-10,12,14-15,20-21,26-27,30,33,36-64H2,1-2H3/b7-5-,13-11-,18-16-,19-17-,24-22-,25-23-,29-28-,32-31-,35-34-. The molecule has 0 bridgehead atoms. The van der Waals surface area contributed by atoms with Crippen LogP contribution in [-0.2, 0) is 19.1 Å². The molecule has 5 nitrogen and oxygen atoms in total. The summed E-state index contributed by atoms with van der Waals surface area (Å²) in [5, 5.41) is 9.67. The second-order valence-corrected chi connectivity index (χ2v) is 20.0. The van der Waals surface area contributed by atoms with Gasteiger partial charge in [-0.3, -0.25) is 9.59 Å². The summed E-state index contributed by atoms with van der Waals surface area (Å²) < 4.78 is 10.7. The van der Waals surface area contributed by atoms with Crippen LogP contribution in [0.15, 0.2) is 109 Å². The first kappa shape index (κ1) is 68.6. The fraction of sp³-hybridized carbons (Fsp3) is 0.701. The van der Waals surface area contributed by atoms with Crippen molar-refractivity contribution in [3.8, 4) is 0 Å². The zero-order chi connectivity index (χ0) is 52.0. The normalized spacial score (nSPS) is 13.0. The molecule has 1 atom stereocenters. The Morgan fingerprint density at radius 2 is 0.597 bits per heavy atom. The van der Waals surface area contributed by atoms with E-state index in [-0.39, 0.29) is 25.2 Å². The number of ether oxygens (including phenoxy) is 2. The fourth-order valence-corrected chi connectivity index (χ4v) is 8.51. The Morgan fingerprint density at radius 1 is 0.333 bits per heavy atom. The first-order chi connectivity index (χ1) is 35.6. The van der Waals surface area contributed by atoms with Gasteiger partial charge >= 0.3 is 11.9 Å². The van der Waals surface area contributed by atoms with Crippen LogP contribution >= 0.6 is 0 Å². The highest BCUT2D eigenvalue weighted by Gasteiger charge is 2.16. The third-order valence-corrected chi connectivity index (χ3v) is 13.1. The Hall–Kier alpha value is -3.44. The van der Waals surface area contributed by atoms with Gasteiger partial charge in [0.1, 0.15) is 6.61 Å². The van der Waals surface area contributed by atoms with E-state index < -0.39 is 6.10 Å². The summed E-state index contributed by atoms with van der Waals surface area (Å²) >= 11 is 0. The zero-order valence-electron chi connectivity index (χ0n) is 47.2. The van der Waals surface area contributed by atoms with Crippen LogP contribution in [0, 0.1) is 0 Å². The van der Waals surface area contributed by atoms with Crippen molar-refractivity contribution >= 4 is 11.9 Å². The third kappa shape index (κ3) is 59.1. The molecule has 0 aliphatic carbocycles. The second-order valence-electron chi connectivity index (χ2n) is 20.0. The monoisotopic (exact) mass is 999 g/mol. The SMILES string of the molecule is CC/C=C\C/C=C\C/C=C\C/C=C\C/C=C\C/C=C\C/C=C\CCCCCCCCCCCCCCCC(=O)OC(CO)COC(=O)CCCCCCCCCCCCC/C=C\C/C=C\CCCCCCC. The Kier molecular flexibility index (Phi) is 58.9. The molecule has 0 aliphatic heterocycles. The van der Waals surface area contributed by atoms with Crippen molar-refractivity contribution in [1.29, 1.82) is 0 Å². The Bertz CT molecular complexity index is 1410. The van der Waals surface area contributed by atoms with Gasteiger partial charge in [0.05, 0.1) is 6.61 Å². The lowest BCUT2D eigenvalue weighted by atomic mass is 10.0. The molecular formula is C67H114O5. The third-order valence-electron chi connectivity index (χ3n) is 13.1. The molecule has 0 amide bonds. The molecule has 412 valence electrons. The van der Waals surface area contributed by atoms with Crippen LogP contribution in [0.5, 0.6) is 0 Å². The van der Waals surface area contributed by atoms with Gasteiger partial charge in [-0.05, 0) is 103 Å². The average Bonchev–Trinajstić information content (AvgIpc) is 3.38. The molecule has 0 radical (unpaired) electrons. The van der Waals surface area contributed by atoms with Gasteiger partial charge in [-0.2, -0.15) is 0 Å². The average molecular weight is 1000 g/mol. The maximum absolute atomic E-state index is 12.3. The number of aliphatic hydroxyl groups excluding tert-OH is 1. The topological polar surface area (TPSA) is 72.8 Å². The molecule has 1 unspecified atom stereocenters.